The summed E-state index contributed by atoms with van der Waals surface area (Å²) in [5.74, 6) is 0.659. The molecule has 1 atom stereocenters. The van der Waals surface area contributed by atoms with Crippen molar-refractivity contribution in [3.8, 4) is 5.75 Å². The van der Waals surface area contributed by atoms with Crippen molar-refractivity contribution >= 4 is 49.9 Å². The molecule has 9 heteroatoms. The third-order valence-electron chi connectivity index (χ3n) is 6.11. The van der Waals surface area contributed by atoms with E-state index in [2.05, 4.69) is 33.2 Å². The highest BCUT2D eigenvalue weighted by Gasteiger charge is 2.14. The Morgan fingerprint density at radius 3 is 2.45 bits per heavy atom. The lowest BCUT2D eigenvalue weighted by Gasteiger charge is -2.15. The molecule has 0 spiro atoms. The van der Waals surface area contributed by atoms with Gasteiger partial charge in [-0.1, -0.05) is 60.7 Å². The highest BCUT2D eigenvalue weighted by atomic mass is 35.5. The molecule has 4 aromatic carbocycles. The highest BCUT2D eigenvalue weighted by molar-refractivity contribution is 7.91. The minimum Gasteiger partial charge on any atom is -0.492 e. The minimum atomic E-state index is -3.57. The van der Waals surface area contributed by atoms with E-state index in [0.29, 0.717) is 36.5 Å². The first-order valence-corrected chi connectivity index (χ1v) is 13.8. The SMILES string of the molecule is Cl.O=S(=O)(Cc1ccccc1)Nc1cccc(C(O)CNCCOc2ccc3c(c2)[nH]c2ccccc23)c1. The van der Waals surface area contributed by atoms with Gasteiger partial charge in [-0.15, -0.1) is 12.4 Å². The van der Waals surface area contributed by atoms with Gasteiger partial charge in [-0.3, -0.25) is 4.72 Å². The standard InChI is InChI=1S/C29H29N3O4S.ClH/c33-29(22-9-6-10-23(17-22)32-37(34,35)20-21-7-2-1-3-8-21)19-30-15-16-36-24-13-14-26-25-11-4-5-12-27(25)31-28(26)18-24;/h1-14,17-18,29-33H,15-16,19-20H2;1H. The number of H-pyrrole nitrogens is 1. The Morgan fingerprint density at radius 1 is 0.842 bits per heavy atom. The topological polar surface area (TPSA) is 103 Å². The van der Waals surface area contributed by atoms with Crippen LogP contribution in [0.4, 0.5) is 5.69 Å². The Bertz CT molecular complexity index is 1610. The second-order valence-electron chi connectivity index (χ2n) is 8.92. The Labute approximate surface area is 228 Å². The number of rotatable bonds is 11. The van der Waals surface area contributed by atoms with Gasteiger partial charge in [0.25, 0.3) is 0 Å². The van der Waals surface area contributed by atoms with Gasteiger partial charge in [0.15, 0.2) is 0 Å². The molecule has 1 unspecified atom stereocenters. The number of hydrogen-bond donors (Lipinski definition) is 4. The van der Waals surface area contributed by atoms with Gasteiger partial charge in [-0.25, -0.2) is 8.42 Å². The van der Waals surface area contributed by atoms with E-state index in [-0.39, 0.29) is 18.2 Å². The molecule has 0 saturated heterocycles. The molecule has 5 rings (SSSR count). The molecule has 0 saturated carbocycles. The average Bonchev–Trinajstić information content (AvgIpc) is 3.26. The summed E-state index contributed by atoms with van der Waals surface area (Å²) in [6, 6.07) is 30.0. The summed E-state index contributed by atoms with van der Waals surface area (Å²) in [4.78, 5) is 3.41. The first-order chi connectivity index (χ1) is 18.0. The molecule has 38 heavy (non-hydrogen) atoms. The molecule has 1 aromatic heterocycles. The zero-order valence-electron chi connectivity index (χ0n) is 20.6. The largest absolute Gasteiger partial charge is 0.492 e. The summed E-state index contributed by atoms with van der Waals surface area (Å²) in [7, 11) is -3.57. The quantitative estimate of drug-likeness (QED) is 0.165. The smallest absolute Gasteiger partial charge is 0.236 e. The van der Waals surface area contributed by atoms with E-state index < -0.39 is 16.1 Å². The number of aromatic amines is 1. The first kappa shape index (κ1) is 27.5. The van der Waals surface area contributed by atoms with Gasteiger partial charge >= 0.3 is 0 Å². The second-order valence-corrected chi connectivity index (χ2v) is 10.6. The summed E-state index contributed by atoms with van der Waals surface area (Å²) < 4.78 is 33.5. The molecule has 0 aliphatic carbocycles. The van der Waals surface area contributed by atoms with Crippen molar-refractivity contribution in [2.24, 2.45) is 0 Å². The number of fused-ring (bicyclic) bond motifs is 3. The summed E-state index contributed by atoms with van der Waals surface area (Å²) >= 11 is 0. The Kier molecular flexibility index (Phi) is 8.91. The zero-order valence-corrected chi connectivity index (χ0v) is 22.3. The first-order valence-electron chi connectivity index (χ1n) is 12.1. The molecule has 4 N–H and O–H groups in total. The van der Waals surface area contributed by atoms with Crippen LogP contribution in [0.3, 0.4) is 0 Å². The Hall–Kier alpha value is -3.56. The maximum absolute atomic E-state index is 12.5. The molecule has 0 amide bonds. The number of aliphatic hydroxyl groups is 1. The minimum absolute atomic E-state index is 0. The number of ether oxygens (including phenoxy) is 1. The number of benzene rings is 4. The maximum Gasteiger partial charge on any atom is 0.236 e. The van der Waals surface area contributed by atoms with E-state index in [9.17, 15) is 13.5 Å². The number of aromatic nitrogens is 1. The predicted molar refractivity (Wildman–Crippen MR) is 156 cm³/mol. The van der Waals surface area contributed by atoms with E-state index in [1.807, 2.05) is 42.5 Å². The molecule has 0 bridgehead atoms. The van der Waals surface area contributed by atoms with Crippen LogP contribution >= 0.6 is 12.4 Å². The number of anilines is 1. The molecule has 1 heterocycles. The van der Waals surface area contributed by atoms with Gasteiger partial charge in [-0.05, 0) is 41.5 Å². The number of para-hydroxylation sites is 1. The van der Waals surface area contributed by atoms with Crippen LogP contribution < -0.4 is 14.8 Å². The summed E-state index contributed by atoms with van der Waals surface area (Å²) in [5.41, 5.74) is 3.87. The maximum atomic E-state index is 12.5. The molecule has 0 radical (unpaired) electrons. The van der Waals surface area contributed by atoms with Crippen molar-refractivity contribution in [3.63, 3.8) is 0 Å². The molecular formula is C29H30ClN3O4S. The van der Waals surface area contributed by atoms with Crippen molar-refractivity contribution in [2.75, 3.05) is 24.4 Å². The number of halogens is 1. The highest BCUT2D eigenvalue weighted by Crippen LogP contribution is 2.28. The van der Waals surface area contributed by atoms with E-state index in [1.54, 1.807) is 36.4 Å². The van der Waals surface area contributed by atoms with E-state index in [0.717, 1.165) is 22.2 Å². The number of aliphatic hydroxyl groups excluding tert-OH is 1. The van der Waals surface area contributed by atoms with Crippen LogP contribution in [0.2, 0.25) is 0 Å². The zero-order chi connectivity index (χ0) is 25.7. The fourth-order valence-electron chi connectivity index (χ4n) is 4.34. The van der Waals surface area contributed by atoms with Crippen molar-refractivity contribution < 1.29 is 18.3 Å². The van der Waals surface area contributed by atoms with E-state index in [4.69, 9.17) is 4.74 Å². The van der Waals surface area contributed by atoms with Crippen molar-refractivity contribution in [1.82, 2.24) is 10.3 Å². The molecule has 0 aliphatic rings. The number of sulfonamides is 1. The molecular weight excluding hydrogens is 522 g/mol. The predicted octanol–water partition coefficient (Wildman–Crippen LogP) is 5.39. The Morgan fingerprint density at radius 2 is 1.61 bits per heavy atom. The number of nitrogens with one attached hydrogen (secondary N) is 3. The summed E-state index contributed by atoms with van der Waals surface area (Å²) in [6.07, 6.45) is -0.790. The third-order valence-corrected chi connectivity index (χ3v) is 7.37. The average molecular weight is 552 g/mol. The van der Waals surface area contributed by atoms with Crippen LogP contribution in [0, 0.1) is 0 Å². The van der Waals surface area contributed by atoms with Crippen LogP contribution in [0.25, 0.3) is 21.8 Å². The Balaban J connectivity index is 0.00000336. The fourth-order valence-corrected chi connectivity index (χ4v) is 5.53. The fraction of sp³-hybridized carbons (Fsp3) is 0.172. The van der Waals surface area contributed by atoms with E-state index in [1.165, 1.54) is 5.39 Å². The molecule has 7 nitrogen and oxygen atoms in total. The van der Waals surface area contributed by atoms with Gasteiger partial charge in [-0.2, -0.15) is 0 Å². The molecule has 0 aliphatic heterocycles. The van der Waals surface area contributed by atoms with Gasteiger partial charge in [0, 0.05) is 41.1 Å². The lowest BCUT2D eigenvalue weighted by atomic mass is 10.1. The van der Waals surface area contributed by atoms with Gasteiger partial charge in [0.05, 0.1) is 17.4 Å². The van der Waals surface area contributed by atoms with Crippen LogP contribution in [-0.2, 0) is 15.8 Å². The van der Waals surface area contributed by atoms with Gasteiger partial charge < -0.3 is 20.1 Å². The normalized spacial score (nSPS) is 12.2. The summed E-state index contributed by atoms with van der Waals surface area (Å²) in [5, 5.41) is 16.1. The van der Waals surface area contributed by atoms with Crippen LogP contribution in [0.5, 0.6) is 5.75 Å². The lowest BCUT2D eigenvalue weighted by molar-refractivity contribution is 0.172. The van der Waals surface area contributed by atoms with Crippen LogP contribution in [0.1, 0.15) is 17.2 Å². The second kappa shape index (κ2) is 12.3. The third kappa shape index (κ3) is 6.85. The van der Waals surface area contributed by atoms with Crippen LogP contribution in [-0.4, -0.2) is 38.2 Å². The van der Waals surface area contributed by atoms with Crippen LogP contribution in [0.15, 0.2) is 97.1 Å². The molecule has 5 aromatic rings. The van der Waals surface area contributed by atoms with E-state index >= 15 is 0 Å². The number of hydrogen-bond acceptors (Lipinski definition) is 5. The lowest BCUT2D eigenvalue weighted by Crippen LogP contribution is -2.26. The molecule has 0 fully saturated rings. The van der Waals surface area contributed by atoms with Gasteiger partial charge in [0.2, 0.25) is 10.0 Å². The van der Waals surface area contributed by atoms with Crippen molar-refractivity contribution in [1.29, 1.82) is 0 Å². The van der Waals surface area contributed by atoms with Crippen molar-refractivity contribution in [3.05, 3.63) is 108 Å². The molecule has 198 valence electrons. The monoisotopic (exact) mass is 551 g/mol. The van der Waals surface area contributed by atoms with Crippen molar-refractivity contribution in [2.45, 2.75) is 11.9 Å². The van der Waals surface area contributed by atoms with Gasteiger partial charge in [0.1, 0.15) is 12.4 Å². The summed E-state index contributed by atoms with van der Waals surface area (Å²) in [6.45, 7) is 1.30.